The summed E-state index contributed by atoms with van der Waals surface area (Å²) in [5, 5.41) is -0.833. The van der Waals surface area contributed by atoms with Crippen LogP contribution >= 0.6 is 33.3 Å². The Balaban J connectivity index is 2.31. The third kappa shape index (κ3) is 2.71. The standard InChI is InChI=1S/C9H8ClIN2O3S/c10-17(15,16)6-3-9(14)13(5-6)8-1-2-12-4-7(8)11/h1-2,4,6H,3,5H2. The molecule has 1 aliphatic rings. The zero-order valence-corrected chi connectivity index (χ0v) is 12.2. The van der Waals surface area contributed by atoms with E-state index in [9.17, 15) is 13.2 Å². The van der Waals surface area contributed by atoms with Crippen LogP contribution in [-0.2, 0) is 13.8 Å². The van der Waals surface area contributed by atoms with Crippen LogP contribution in [0.4, 0.5) is 5.69 Å². The Morgan fingerprint density at radius 1 is 1.53 bits per heavy atom. The molecule has 1 aromatic rings. The molecule has 0 radical (unpaired) electrons. The molecule has 0 spiro atoms. The normalized spacial score (nSPS) is 20.9. The molecule has 1 aromatic heterocycles. The van der Waals surface area contributed by atoms with Crippen molar-refractivity contribution in [1.29, 1.82) is 0 Å². The van der Waals surface area contributed by atoms with Crippen molar-refractivity contribution in [3.63, 3.8) is 0 Å². The lowest BCUT2D eigenvalue weighted by atomic mass is 10.4. The van der Waals surface area contributed by atoms with Crippen LogP contribution in [0.5, 0.6) is 0 Å². The van der Waals surface area contributed by atoms with Crippen LogP contribution in [0.1, 0.15) is 6.42 Å². The van der Waals surface area contributed by atoms with Gasteiger partial charge in [-0.1, -0.05) is 0 Å². The highest BCUT2D eigenvalue weighted by atomic mass is 127. The third-order valence-electron chi connectivity index (χ3n) is 2.53. The van der Waals surface area contributed by atoms with E-state index in [2.05, 4.69) is 4.98 Å². The molecule has 92 valence electrons. The molecule has 1 atom stereocenters. The molecule has 1 amide bonds. The molecular formula is C9H8ClIN2O3S. The van der Waals surface area contributed by atoms with Gasteiger partial charge in [0.15, 0.2) is 0 Å². The number of anilines is 1. The van der Waals surface area contributed by atoms with Crippen molar-refractivity contribution in [2.75, 3.05) is 11.4 Å². The minimum absolute atomic E-state index is 0.0652. The number of amides is 1. The summed E-state index contributed by atoms with van der Waals surface area (Å²) in [6, 6.07) is 1.68. The van der Waals surface area contributed by atoms with Crippen LogP contribution in [0, 0.1) is 3.57 Å². The van der Waals surface area contributed by atoms with E-state index >= 15 is 0 Å². The van der Waals surface area contributed by atoms with Crippen molar-refractivity contribution in [2.45, 2.75) is 11.7 Å². The molecule has 0 N–H and O–H groups in total. The van der Waals surface area contributed by atoms with Gasteiger partial charge in [0.2, 0.25) is 15.0 Å². The highest BCUT2D eigenvalue weighted by molar-refractivity contribution is 14.1. The summed E-state index contributed by atoms with van der Waals surface area (Å²) in [6.07, 6.45) is 3.11. The SMILES string of the molecule is O=C1CC(S(=O)(=O)Cl)CN1c1ccncc1I. The molecular weight excluding hydrogens is 379 g/mol. The smallest absolute Gasteiger partial charge is 0.237 e. The summed E-state index contributed by atoms with van der Waals surface area (Å²) in [6.45, 7) is 0.102. The van der Waals surface area contributed by atoms with Gasteiger partial charge in [0.25, 0.3) is 0 Å². The minimum Gasteiger partial charge on any atom is -0.310 e. The van der Waals surface area contributed by atoms with Crippen LogP contribution in [0.25, 0.3) is 0 Å². The van der Waals surface area contributed by atoms with Crippen LogP contribution in [0.3, 0.4) is 0 Å². The first-order valence-corrected chi connectivity index (χ1v) is 8.18. The number of nitrogens with zero attached hydrogens (tertiary/aromatic N) is 2. The van der Waals surface area contributed by atoms with Gasteiger partial charge < -0.3 is 4.90 Å². The maximum atomic E-state index is 11.8. The van der Waals surface area contributed by atoms with Crippen LogP contribution in [0.2, 0.25) is 0 Å². The molecule has 1 unspecified atom stereocenters. The Labute approximate surface area is 117 Å². The van der Waals surface area contributed by atoms with E-state index in [1.165, 1.54) is 4.90 Å². The third-order valence-corrected chi connectivity index (χ3v) is 5.23. The van der Waals surface area contributed by atoms with Crippen LogP contribution < -0.4 is 4.90 Å². The molecule has 8 heteroatoms. The monoisotopic (exact) mass is 386 g/mol. The molecule has 2 rings (SSSR count). The fraction of sp³-hybridized carbons (Fsp3) is 0.333. The van der Waals surface area contributed by atoms with Gasteiger partial charge in [0.05, 0.1) is 9.26 Å². The first-order valence-electron chi connectivity index (χ1n) is 4.73. The lowest BCUT2D eigenvalue weighted by Gasteiger charge is -2.17. The van der Waals surface area contributed by atoms with Gasteiger partial charge in [-0.25, -0.2) is 8.42 Å². The minimum atomic E-state index is -3.70. The molecule has 0 aromatic carbocycles. The Hall–Kier alpha value is -0.410. The van der Waals surface area contributed by atoms with Crippen molar-refractivity contribution < 1.29 is 13.2 Å². The predicted molar refractivity (Wildman–Crippen MR) is 72.5 cm³/mol. The van der Waals surface area contributed by atoms with Crippen LogP contribution in [-0.4, -0.2) is 31.1 Å². The number of rotatable bonds is 2. The lowest BCUT2D eigenvalue weighted by molar-refractivity contribution is -0.117. The summed E-state index contributed by atoms with van der Waals surface area (Å²) in [4.78, 5) is 17.1. The molecule has 2 heterocycles. The van der Waals surface area contributed by atoms with E-state index in [-0.39, 0.29) is 18.9 Å². The Morgan fingerprint density at radius 2 is 2.24 bits per heavy atom. The van der Waals surface area contributed by atoms with Gasteiger partial charge in [-0.3, -0.25) is 9.78 Å². The van der Waals surface area contributed by atoms with Crippen molar-refractivity contribution in [3.8, 4) is 0 Å². The van der Waals surface area contributed by atoms with E-state index in [1.54, 1.807) is 18.5 Å². The molecule has 1 fully saturated rings. The number of halogens is 2. The molecule has 0 saturated carbocycles. The summed E-state index contributed by atoms with van der Waals surface area (Å²) in [5.41, 5.74) is 0.674. The Kier molecular flexibility index (Phi) is 3.60. The summed E-state index contributed by atoms with van der Waals surface area (Å²) in [7, 11) is 1.58. The topological polar surface area (TPSA) is 67.3 Å². The molecule has 1 saturated heterocycles. The van der Waals surface area contributed by atoms with E-state index in [0.717, 1.165) is 3.57 Å². The zero-order chi connectivity index (χ0) is 12.6. The fourth-order valence-corrected chi connectivity index (χ4v) is 3.34. The molecule has 0 bridgehead atoms. The van der Waals surface area contributed by atoms with Crippen molar-refractivity contribution >= 4 is 53.9 Å². The zero-order valence-electron chi connectivity index (χ0n) is 8.51. The summed E-state index contributed by atoms with van der Waals surface area (Å²) < 4.78 is 23.2. The average Bonchev–Trinajstić information content (AvgIpc) is 2.61. The number of hydrogen-bond acceptors (Lipinski definition) is 4. The second-order valence-electron chi connectivity index (χ2n) is 3.63. The van der Waals surface area contributed by atoms with Gasteiger partial charge >= 0.3 is 0 Å². The second-order valence-corrected chi connectivity index (χ2v) is 7.70. The molecule has 0 aliphatic carbocycles. The summed E-state index contributed by atoms with van der Waals surface area (Å²) in [5.74, 6) is -0.233. The molecule has 5 nitrogen and oxygen atoms in total. The number of carbonyl (C=O) groups excluding carboxylic acids is 1. The first-order chi connectivity index (χ1) is 7.89. The second kappa shape index (κ2) is 4.69. The molecule has 17 heavy (non-hydrogen) atoms. The van der Waals surface area contributed by atoms with Gasteiger partial charge in [0, 0.05) is 36.0 Å². The highest BCUT2D eigenvalue weighted by Crippen LogP contribution is 2.29. The number of aromatic nitrogens is 1. The first kappa shape index (κ1) is 13.0. The van der Waals surface area contributed by atoms with Gasteiger partial charge in [0.1, 0.15) is 5.25 Å². The highest BCUT2D eigenvalue weighted by Gasteiger charge is 2.38. The van der Waals surface area contributed by atoms with E-state index in [0.29, 0.717) is 5.69 Å². The molecule has 1 aliphatic heterocycles. The van der Waals surface area contributed by atoms with E-state index in [1.807, 2.05) is 22.6 Å². The van der Waals surface area contributed by atoms with Gasteiger partial charge in [-0.05, 0) is 28.7 Å². The van der Waals surface area contributed by atoms with Gasteiger partial charge in [-0.2, -0.15) is 0 Å². The van der Waals surface area contributed by atoms with Crippen LogP contribution in [0.15, 0.2) is 18.5 Å². The van der Waals surface area contributed by atoms with E-state index < -0.39 is 14.3 Å². The largest absolute Gasteiger partial charge is 0.310 e. The van der Waals surface area contributed by atoms with Gasteiger partial charge in [-0.15, -0.1) is 0 Å². The fourth-order valence-electron chi connectivity index (χ4n) is 1.68. The van der Waals surface area contributed by atoms with Crippen molar-refractivity contribution in [2.24, 2.45) is 0 Å². The van der Waals surface area contributed by atoms with Crippen molar-refractivity contribution in [3.05, 3.63) is 22.0 Å². The number of pyridine rings is 1. The maximum absolute atomic E-state index is 11.8. The quantitative estimate of drug-likeness (QED) is 0.569. The lowest BCUT2D eigenvalue weighted by Crippen LogP contribution is -2.27. The predicted octanol–water partition coefficient (Wildman–Crippen LogP) is 1.36. The average molecular weight is 387 g/mol. The Morgan fingerprint density at radius 3 is 2.76 bits per heavy atom. The van der Waals surface area contributed by atoms with E-state index in [4.69, 9.17) is 10.7 Å². The number of carbonyl (C=O) groups is 1. The number of hydrogen-bond donors (Lipinski definition) is 0. The Bertz CT molecular complexity index is 563. The maximum Gasteiger partial charge on any atom is 0.237 e. The van der Waals surface area contributed by atoms with Crippen molar-refractivity contribution in [1.82, 2.24) is 4.98 Å². The summed E-state index contributed by atoms with van der Waals surface area (Å²) >= 11 is 2.05.